The van der Waals surface area contributed by atoms with Gasteiger partial charge in [-0.1, -0.05) is 23.5 Å². The Kier molecular flexibility index (Phi) is 6.66. The summed E-state index contributed by atoms with van der Waals surface area (Å²) >= 11 is 1.45. The Bertz CT molecular complexity index is 1240. The number of amides is 1. The maximum Gasteiger partial charge on any atom is 0.279 e. The Hall–Kier alpha value is -2.33. The van der Waals surface area contributed by atoms with Gasteiger partial charge in [-0.05, 0) is 56.2 Å². The largest absolute Gasteiger partial charge is 0.380 e. The van der Waals surface area contributed by atoms with Crippen molar-refractivity contribution < 1.29 is 17.9 Å². The minimum atomic E-state index is -3.50. The summed E-state index contributed by atoms with van der Waals surface area (Å²) in [5.41, 5.74) is 1.36. The minimum absolute atomic E-state index is 0.208. The summed E-state index contributed by atoms with van der Waals surface area (Å²) in [4.78, 5) is 18.0. The molecule has 0 spiro atoms. The number of fused-ring (bicyclic) bond motifs is 1. The highest BCUT2D eigenvalue weighted by Gasteiger charge is 2.27. The van der Waals surface area contributed by atoms with Crippen LogP contribution in [0.3, 0.4) is 0 Å². The SMILES string of the molecule is CCOCCn1c(=NC(=O)c2ccc(S(=O)(=O)N3CCCC3)cc2)sc2ccccc21. The van der Waals surface area contributed by atoms with Gasteiger partial charge in [-0.25, -0.2) is 8.42 Å². The number of hydrogen-bond acceptors (Lipinski definition) is 5. The number of thiazole rings is 1. The van der Waals surface area contributed by atoms with Crippen LogP contribution < -0.4 is 4.80 Å². The Morgan fingerprint density at radius 1 is 1.10 bits per heavy atom. The topological polar surface area (TPSA) is 81.0 Å². The molecule has 0 aliphatic carbocycles. The molecule has 31 heavy (non-hydrogen) atoms. The summed E-state index contributed by atoms with van der Waals surface area (Å²) in [6, 6.07) is 14.0. The van der Waals surface area contributed by atoms with Gasteiger partial charge in [-0.2, -0.15) is 9.30 Å². The predicted octanol–water partition coefficient (Wildman–Crippen LogP) is 3.26. The molecular formula is C22H25N3O4S2. The molecule has 1 aromatic heterocycles. The quantitative estimate of drug-likeness (QED) is 0.508. The second-order valence-corrected chi connectivity index (χ2v) is 10.2. The third kappa shape index (κ3) is 4.64. The standard InChI is InChI=1S/C22H25N3O4S2/c1-2-29-16-15-25-19-7-3-4-8-20(19)30-22(25)23-21(26)17-9-11-18(12-10-17)31(27,28)24-13-5-6-14-24/h3-4,7-12H,2,5-6,13-16H2,1H3. The molecule has 3 aromatic rings. The summed E-state index contributed by atoms with van der Waals surface area (Å²) in [7, 11) is -3.50. The van der Waals surface area contributed by atoms with Gasteiger partial charge in [0.15, 0.2) is 4.80 Å². The lowest BCUT2D eigenvalue weighted by atomic mass is 10.2. The summed E-state index contributed by atoms with van der Waals surface area (Å²) in [5, 5.41) is 0. The van der Waals surface area contributed by atoms with Gasteiger partial charge >= 0.3 is 0 Å². The molecule has 1 fully saturated rings. The summed E-state index contributed by atoms with van der Waals surface area (Å²) in [6.45, 7) is 4.79. The molecule has 7 nitrogen and oxygen atoms in total. The number of carbonyl (C=O) groups excluding carboxylic acids is 1. The van der Waals surface area contributed by atoms with Crippen molar-refractivity contribution in [1.82, 2.24) is 8.87 Å². The number of sulfonamides is 1. The van der Waals surface area contributed by atoms with E-state index >= 15 is 0 Å². The molecule has 164 valence electrons. The normalized spacial score (nSPS) is 15.7. The van der Waals surface area contributed by atoms with Crippen molar-refractivity contribution in [2.75, 3.05) is 26.3 Å². The van der Waals surface area contributed by atoms with Gasteiger partial charge < -0.3 is 9.30 Å². The lowest BCUT2D eigenvalue weighted by Crippen LogP contribution is -2.27. The fourth-order valence-electron chi connectivity index (χ4n) is 3.62. The lowest BCUT2D eigenvalue weighted by Gasteiger charge is -2.15. The zero-order valence-corrected chi connectivity index (χ0v) is 19.0. The van der Waals surface area contributed by atoms with Gasteiger partial charge in [0.25, 0.3) is 5.91 Å². The molecule has 4 rings (SSSR count). The predicted molar refractivity (Wildman–Crippen MR) is 121 cm³/mol. The molecule has 1 amide bonds. The van der Waals surface area contributed by atoms with Crippen LogP contribution in [0.2, 0.25) is 0 Å². The van der Waals surface area contributed by atoms with Crippen molar-refractivity contribution in [3.8, 4) is 0 Å². The van der Waals surface area contributed by atoms with Crippen LogP contribution in [0.5, 0.6) is 0 Å². The molecule has 2 aromatic carbocycles. The molecule has 2 heterocycles. The van der Waals surface area contributed by atoms with E-state index in [0.717, 1.165) is 23.1 Å². The molecular weight excluding hydrogens is 434 g/mol. The van der Waals surface area contributed by atoms with Crippen molar-refractivity contribution in [2.45, 2.75) is 31.2 Å². The minimum Gasteiger partial charge on any atom is -0.380 e. The highest BCUT2D eigenvalue weighted by Crippen LogP contribution is 2.21. The van der Waals surface area contributed by atoms with Crippen LogP contribution in [-0.4, -0.2) is 49.5 Å². The van der Waals surface area contributed by atoms with Gasteiger partial charge in [0.1, 0.15) is 0 Å². The van der Waals surface area contributed by atoms with E-state index < -0.39 is 15.9 Å². The number of nitrogens with zero attached hydrogens (tertiary/aromatic N) is 3. The van der Waals surface area contributed by atoms with Crippen LogP contribution in [0, 0.1) is 0 Å². The Morgan fingerprint density at radius 3 is 2.52 bits per heavy atom. The average molecular weight is 460 g/mol. The van der Waals surface area contributed by atoms with Gasteiger partial charge in [0, 0.05) is 31.8 Å². The summed E-state index contributed by atoms with van der Waals surface area (Å²) in [5.74, 6) is -0.401. The number of carbonyl (C=O) groups is 1. The number of hydrogen-bond donors (Lipinski definition) is 0. The third-order valence-electron chi connectivity index (χ3n) is 5.25. The fraction of sp³-hybridized carbons (Fsp3) is 0.364. The van der Waals surface area contributed by atoms with Gasteiger partial charge in [-0.15, -0.1) is 0 Å². The zero-order chi connectivity index (χ0) is 21.8. The van der Waals surface area contributed by atoms with Crippen LogP contribution in [0.25, 0.3) is 10.2 Å². The summed E-state index contributed by atoms with van der Waals surface area (Å²) < 4.78 is 35.4. The highest BCUT2D eigenvalue weighted by molar-refractivity contribution is 7.89. The summed E-state index contributed by atoms with van der Waals surface area (Å²) in [6.07, 6.45) is 1.76. The molecule has 0 N–H and O–H groups in total. The van der Waals surface area contributed by atoms with Crippen LogP contribution in [-0.2, 0) is 21.3 Å². The van der Waals surface area contributed by atoms with E-state index in [1.807, 2.05) is 35.8 Å². The molecule has 1 aliphatic heterocycles. The van der Waals surface area contributed by atoms with E-state index in [1.165, 1.54) is 39.9 Å². The first-order valence-electron chi connectivity index (χ1n) is 10.4. The smallest absolute Gasteiger partial charge is 0.279 e. The third-order valence-corrected chi connectivity index (χ3v) is 8.23. The van der Waals surface area contributed by atoms with E-state index in [-0.39, 0.29) is 4.90 Å². The van der Waals surface area contributed by atoms with Crippen molar-refractivity contribution in [3.05, 3.63) is 58.9 Å². The van der Waals surface area contributed by atoms with E-state index in [0.29, 0.717) is 43.2 Å². The van der Waals surface area contributed by atoms with Crippen LogP contribution >= 0.6 is 11.3 Å². The maximum atomic E-state index is 12.8. The van der Waals surface area contributed by atoms with E-state index in [1.54, 1.807) is 0 Å². The molecule has 0 saturated carbocycles. The molecule has 1 aliphatic rings. The van der Waals surface area contributed by atoms with Crippen LogP contribution in [0.4, 0.5) is 0 Å². The zero-order valence-electron chi connectivity index (χ0n) is 17.4. The Morgan fingerprint density at radius 2 is 1.81 bits per heavy atom. The monoisotopic (exact) mass is 459 g/mol. The Balaban J connectivity index is 1.63. The van der Waals surface area contributed by atoms with Gasteiger partial charge in [0.05, 0.1) is 21.7 Å². The van der Waals surface area contributed by atoms with Crippen LogP contribution in [0.15, 0.2) is 58.4 Å². The van der Waals surface area contributed by atoms with Crippen molar-refractivity contribution in [3.63, 3.8) is 0 Å². The first kappa shape index (κ1) is 21.9. The number of ether oxygens (including phenoxy) is 1. The molecule has 0 bridgehead atoms. The molecule has 0 unspecified atom stereocenters. The molecule has 1 saturated heterocycles. The first-order valence-corrected chi connectivity index (χ1v) is 12.6. The van der Waals surface area contributed by atoms with Crippen molar-refractivity contribution in [1.29, 1.82) is 0 Å². The fourth-order valence-corrected chi connectivity index (χ4v) is 6.19. The van der Waals surface area contributed by atoms with E-state index in [9.17, 15) is 13.2 Å². The molecule has 9 heteroatoms. The first-order chi connectivity index (χ1) is 15.0. The maximum absolute atomic E-state index is 12.8. The number of benzene rings is 2. The second-order valence-electron chi connectivity index (χ2n) is 7.25. The van der Waals surface area contributed by atoms with Crippen LogP contribution in [0.1, 0.15) is 30.1 Å². The van der Waals surface area contributed by atoms with Crippen molar-refractivity contribution >= 4 is 37.5 Å². The van der Waals surface area contributed by atoms with E-state index in [2.05, 4.69) is 4.99 Å². The highest BCUT2D eigenvalue weighted by atomic mass is 32.2. The lowest BCUT2D eigenvalue weighted by molar-refractivity contribution is 0.0996. The average Bonchev–Trinajstić information content (AvgIpc) is 3.43. The number of para-hydroxylation sites is 1. The number of rotatable bonds is 7. The van der Waals surface area contributed by atoms with Crippen molar-refractivity contribution in [2.24, 2.45) is 4.99 Å². The van der Waals surface area contributed by atoms with E-state index in [4.69, 9.17) is 4.74 Å². The van der Waals surface area contributed by atoms with Gasteiger partial charge in [-0.3, -0.25) is 4.79 Å². The molecule has 0 radical (unpaired) electrons. The Labute approximate surface area is 185 Å². The molecule has 0 atom stereocenters. The van der Waals surface area contributed by atoms with Gasteiger partial charge in [0.2, 0.25) is 10.0 Å². The second kappa shape index (κ2) is 9.44. The number of aromatic nitrogens is 1.